The molecule has 3 amide bonds. The van der Waals surface area contributed by atoms with Gasteiger partial charge in [-0.25, -0.2) is 4.79 Å². The van der Waals surface area contributed by atoms with Crippen molar-refractivity contribution in [3.63, 3.8) is 0 Å². The van der Waals surface area contributed by atoms with Crippen molar-refractivity contribution in [3.8, 4) is 11.1 Å². The van der Waals surface area contributed by atoms with Crippen molar-refractivity contribution in [1.82, 2.24) is 16.0 Å². The molecule has 94 heavy (non-hydrogen) atoms. The second-order valence-electron chi connectivity index (χ2n) is 21.4. The largest absolute Gasteiger partial charge is 0.481 e. The SMILES string of the molecule is CCC(C)=O.CCCC(=O)CNC(=O)CC.CCCCOC.CCCOCCCCCOCCC(C)=O.CCCOCCOCCNC(=O)c1ccc(-c2ccc(C(=O)CCCCCCC(=O)O)cc2)cc1.CCCOCCOCCOCCCNC(=O)COCC(=O)O. The molecule has 0 spiro atoms. The number of carbonyl (C=O) groups excluding carboxylic acids is 7. The van der Waals surface area contributed by atoms with Gasteiger partial charge in [-0.3, -0.25) is 33.6 Å². The molecular weight excluding hydrogens is 1210 g/mol. The van der Waals surface area contributed by atoms with E-state index >= 15 is 0 Å². The first-order chi connectivity index (χ1) is 45.3. The van der Waals surface area contributed by atoms with Crippen molar-refractivity contribution in [2.24, 2.45) is 0 Å². The number of rotatable bonds is 54. The fourth-order valence-electron chi connectivity index (χ4n) is 7.03. The molecule has 0 saturated carbocycles. The number of aliphatic carboxylic acids is 2. The van der Waals surface area contributed by atoms with Crippen molar-refractivity contribution < 1.29 is 96.0 Å². The van der Waals surface area contributed by atoms with Crippen molar-refractivity contribution in [3.05, 3.63) is 59.7 Å². The van der Waals surface area contributed by atoms with Gasteiger partial charge in [0.25, 0.3) is 5.91 Å². The number of amides is 3. The van der Waals surface area contributed by atoms with Crippen LogP contribution in [0.5, 0.6) is 0 Å². The van der Waals surface area contributed by atoms with Crippen LogP contribution in [-0.4, -0.2) is 202 Å². The Labute approximate surface area is 563 Å². The van der Waals surface area contributed by atoms with Gasteiger partial charge in [0.15, 0.2) is 11.6 Å². The normalized spacial score (nSPS) is 10.2. The molecule has 2 aromatic carbocycles. The summed E-state index contributed by atoms with van der Waals surface area (Å²) in [5.41, 5.74) is 3.19. The summed E-state index contributed by atoms with van der Waals surface area (Å²) in [7, 11) is 1.73. The fraction of sp³-hybridized carbons (Fsp3) is 0.704. The number of carboxylic acid groups (broad SMARTS) is 2. The Kier molecular flexibility index (Phi) is 74.9. The Hall–Kier alpha value is -5.89. The molecule has 0 atom stereocenters. The summed E-state index contributed by atoms with van der Waals surface area (Å²) in [5.74, 6) is -1.76. The molecule has 5 N–H and O–H groups in total. The number of carboxylic acids is 2. The molecule has 0 aliphatic rings. The maximum absolute atomic E-state index is 12.4. The number of methoxy groups -OCH3 is 1. The van der Waals surface area contributed by atoms with E-state index in [1.165, 1.54) is 12.8 Å². The van der Waals surface area contributed by atoms with E-state index < -0.39 is 18.5 Å². The van der Waals surface area contributed by atoms with Gasteiger partial charge in [-0.1, -0.05) is 104 Å². The van der Waals surface area contributed by atoms with Crippen molar-refractivity contribution in [2.75, 3.05) is 139 Å². The average molecular weight is 1340 g/mol. The molecule has 0 unspecified atom stereocenters. The minimum atomic E-state index is -1.10. The van der Waals surface area contributed by atoms with E-state index in [2.05, 4.69) is 48.4 Å². The van der Waals surface area contributed by atoms with Crippen LogP contribution in [-0.2, 0) is 76.2 Å². The highest BCUT2D eigenvalue weighted by atomic mass is 16.5. The van der Waals surface area contributed by atoms with Gasteiger partial charge in [0.1, 0.15) is 24.8 Å². The Morgan fingerprint density at radius 1 is 0.362 bits per heavy atom. The lowest BCUT2D eigenvalue weighted by molar-refractivity contribution is -0.144. The third kappa shape index (κ3) is 73.5. The van der Waals surface area contributed by atoms with Gasteiger partial charge in [-0.05, 0) is 108 Å². The molecule has 0 aliphatic heterocycles. The van der Waals surface area contributed by atoms with Gasteiger partial charge < -0.3 is 73.6 Å². The Morgan fingerprint density at radius 2 is 0.830 bits per heavy atom. The van der Waals surface area contributed by atoms with E-state index in [1.807, 2.05) is 50.2 Å². The lowest BCUT2D eigenvalue weighted by Gasteiger charge is -2.08. The molecule has 0 heterocycles. The minimum Gasteiger partial charge on any atom is -0.481 e. The quantitative estimate of drug-likeness (QED) is 0.0303. The molecule has 23 heteroatoms. The summed E-state index contributed by atoms with van der Waals surface area (Å²) in [6.45, 7) is 27.2. The number of hydrogen-bond acceptors (Lipinski definition) is 18. The monoisotopic (exact) mass is 1340 g/mol. The highest BCUT2D eigenvalue weighted by Gasteiger charge is 2.10. The second kappa shape index (κ2) is 74.5. The van der Waals surface area contributed by atoms with Gasteiger partial charge >= 0.3 is 11.9 Å². The first-order valence-electron chi connectivity index (χ1n) is 33.9. The van der Waals surface area contributed by atoms with Gasteiger partial charge in [0.05, 0.1) is 59.4 Å². The molecule has 0 bridgehead atoms. The Morgan fingerprint density at radius 3 is 1.29 bits per heavy atom. The molecule has 0 saturated heterocycles. The first-order valence-corrected chi connectivity index (χ1v) is 33.9. The van der Waals surface area contributed by atoms with Crippen LogP contribution >= 0.6 is 0 Å². The Balaban J connectivity index is -0.000000586. The maximum Gasteiger partial charge on any atom is 0.329 e. The number of carbonyl (C=O) groups is 9. The van der Waals surface area contributed by atoms with Gasteiger partial charge in [-0.2, -0.15) is 0 Å². The summed E-state index contributed by atoms with van der Waals surface area (Å²) in [6, 6.07) is 14.8. The molecule has 0 fully saturated rings. The minimum absolute atomic E-state index is 0.0607. The summed E-state index contributed by atoms with van der Waals surface area (Å²) in [5, 5.41) is 24.9. The molecule has 0 aromatic heterocycles. The number of nitrogens with one attached hydrogen (secondary N) is 3. The zero-order valence-electron chi connectivity index (χ0n) is 59.1. The van der Waals surface area contributed by atoms with E-state index in [0.717, 1.165) is 115 Å². The number of unbranched alkanes of at least 4 members (excludes halogenated alkanes) is 6. The standard InChI is InChI=1S/C28H37NO6.C14H27NO7.C12H24O3.C8H15NO2.C5H12O.C4H8O/c1-2-18-34-20-21-35-19-17-29-28(33)25-15-11-23(12-16-25)22-9-13-24(14-10-22)26(30)7-5-3-4-6-8-27(31)32;1-2-5-19-7-9-21-10-8-20-6-3-4-15-13(16)11-22-12-14(17)18;1-3-8-14-9-5-4-6-10-15-11-7-12(2)13;1-3-5-7(10)6-9-8(11)4-2;1-3-4-5-6-2;1-3-4(2)5/h9-16H,2-8,17-21H2,1H3,(H,29,33)(H,31,32);2-12H2,1H3,(H,15,16)(H,17,18);3-11H2,1-2H3;3-6H2,1-2H3,(H,9,11);3-5H2,1-2H3;3H2,1-2H3. The van der Waals surface area contributed by atoms with E-state index in [-0.39, 0.29) is 60.4 Å². The smallest absolute Gasteiger partial charge is 0.329 e. The third-order valence-electron chi connectivity index (χ3n) is 12.4. The summed E-state index contributed by atoms with van der Waals surface area (Å²) in [6.07, 6.45) is 16.3. The number of benzene rings is 2. The highest BCUT2D eigenvalue weighted by molar-refractivity contribution is 5.97. The Bertz CT molecular complexity index is 2140. The zero-order valence-corrected chi connectivity index (χ0v) is 59.1. The second-order valence-corrected chi connectivity index (χ2v) is 21.4. The van der Waals surface area contributed by atoms with Gasteiger partial charge in [0.2, 0.25) is 11.8 Å². The van der Waals surface area contributed by atoms with E-state index in [4.69, 9.17) is 48.1 Å². The molecule has 2 rings (SSSR count). The molecule has 542 valence electrons. The maximum atomic E-state index is 12.4. The van der Waals surface area contributed by atoms with Crippen molar-refractivity contribution >= 4 is 52.8 Å². The van der Waals surface area contributed by atoms with Crippen LogP contribution in [0.3, 0.4) is 0 Å². The molecule has 2 aromatic rings. The lowest BCUT2D eigenvalue weighted by atomic mass is 9.99. The first kappa shape index (κ1) is 94.5. The summed E-state index contributed by atoms with van der Waals surface area (Å²) < 4.78 is 46.8. The average Bonchev–Trinajstić information content (AvgIpc) is 0.925. The number of ketones is 4. The van der Waals surface area contributed by atoms with Crippen LogP contribution in [0, 0.1) is 0 Å². The predicted molar refractivity (Wildman–Crippen MR) is 367 cm³/mol. The molecular formula is C71H123N3O20. The van der Waals surface area contributed by atoms with Crippen molar-refractivity contribution in [2.45, 2.75) is 191 Å². The molecule has 0 aliphatic carbocycles. The molecule has 23 nitrogen and oxygen atoms in total. The molecule has 0 radical (unpaired) electrons. The number of Topliss-reactive ketones (excluding diaryl/α,β-unsaturated/α-hetero) is 4. The van der Waals surface area contributed by atoms with Crippen LogP contribution in [0.15, 0.2) is 48.5 Å². The van der Waals surface area contributed by atoms with Crippen LogP contribution in [0.2, 0.25) is 0 Å². The third-order valence-corrected chi connectivity index (χ3v) is 12.4. The van der Waals surface area contributed by atoms with Crippen LogP contribution in [0.25, 0.3) is 11.1 Å². The predicted octanol–water partition coefficient (Wildman–Crippen LogP) is 11.1. The fourth-order valence-corrected chi connectivity index (χ4v) is 7.03. The van der Waals surface area contributed by atoms with E-state index in [1.54, 1.807) is 40.0 Å². The lowest BCUT2D eigenvalue weighted by Crippen LogP contribution is -2.30. The van der Waals surface area contributed by atoms with Crippen molar-refractivity contribution in [1.29, 1.82) is 0 Å². The van der Waals surface area contributed by atoms with E-state index in [9.17, 15) is 43.2 Å². The topological polar surface area (TPSA) is 313 Å². The summed E-state index contributed by atoms with van der Waals surface area (Å²) >= 11 is 0. The van der Waals surface area contributed by atoms with Crippen LogP contribution in [0.4, 0.5) is 0 Å². The number of ether oxygens (including phenoxy) is 9. The summed E-state index contributed by atoms with van der Waals surface area (Å²) in [4.78, 5) is 98.5. The number of hydrogen-bond donors (Lipinski definition) is 5. The van der Waals surface area contributed by atoms with Crippen LogP contribution < -0.4 is 16.0 Å². The van der Waals surface area contributed by atoms with Crippen LogP contribution in [0.1, 0.15) is 211 Å². The van der Waals surface area contributed by atoms with Gasteiger partial charge in [-0.15, -0.1) is 0 Å². The van der Waals surface area contributed by atoms with E-state index in [0.29, 0.717) is 129 Å². The zero-order chi connectivity index (χ0) is 70.9. The highest BCUT2D eigenvalue weighted by Crippen LogP contribution is 2.22. The van der Waals surface area contributed by atoms with Gasteiger partial charge in [0, 0.05) is 116 Å².